The van der Waals surface area contributed by atoms with E-state index in [1.54, 1.807) is 17.7 Å². The van der Waals surface area contributed by atoms with Gasteiger partial charge in [-0.25, -0.2) is 9.97 Å². The highest BCUT2D eigenvalue weighted by Crippen LogP contribution is 2.32. The smallest absolute Gasteiger partial charge is 0.150 e. The summed E-state index contributed by atoms with van der Waals surface area (Å²) in [6.07, 6.45) is 5.77. The fourth-order valence-corrected chi connectivity index (χ4v) is 4.16. The summed E-state index contributed by atoms with van der Waals surface area (Å²) in [4.78, 5) is 14.1. The summed E-state index contributed by atoms with van der Waals surface area (Å²) in [5.74, 6) is 1.14. The Balaban J connectivity index is 1.61. The number of hydrogen-bond donors (Lipinski definition) is 0. The third kappa shape index (κ3) is 2.19. The van der Waals surface area contributed by atoms with E-state index in [4.69, 9.17) is 0 Å². The van der Waals surface area contributed by atoms with E-state index in [0.29, 0.717) is 0 Å². The molecule has 2 fully saturated rings. The zero-order chi connectivity index (χ0) is 13.5. The van der Waals surface area contributed by atoms with Crippen molar-refractivity contribution >= 4 is 27.4 Å². The lowest BCUT2D eigenvalue weighted by molar-refractivity contribution is 0.283. The first kappa shape index (κ1) is 12.5. The Morgan fingerprint density at radius 1 is 1.15 bits per heavy atom. The molecular weight excluding hydrogens is 268 g/mol. The molecule has 0 aromatic carbocycles. The van der Waals surface area contributed by atoms with Gasteiger partial charge in [0.25, 0.3) is 0 Å². The maximum absolute atomic E-state index is 4.58. The number of aryl methyl sites for hydroxylation is 1. The van der Waals surface area contributed by atoms with Gasteiger partial charge in [-0.3, -0.25) is 4.90 Å². The molecule has 0 N–H and O–H groups in total. The second-order valence-corrected chi connectivity index (χ2v) is 6.78. The highest BCUT2D eigenvalue weighted by molar-refractivity contribution is 7.18. The van der Waals surface area contributed by atoms with E-state index in [1.165, 1.54) is 42.6 Å². The van der Waals surface area contributed by atoms with Crippen LogP contribution in [0.1, 0.15) is 24.8 Å². The number of nitrogens with zero attached hydrogens (tertiary/aromatic N) is 4. The van der Waals surface area contributed by atoms with Crippen molar-refractivity contribution in [3.8, 4) is 0 Å². The van der Waals surface area contributed by atoms with Crippen LogP contribution in [0.5, 0.6) is 0 Å². The summed E-state index contributed by atoms with van der Waals surface area (Å²) in [6, 6.07) is 0.879. The zero-order valence-corrected chi connectivity index (χ0v) is 12.7. The molecule has 2 aromatic rings. The monoisotopic (exact) mass is 288 g/mol. The topological polar surface area (TPSA) is 32.3 Å². The second-order valence-electron chi connectivity index (χ2n) is 5.90. The van der Waals surface area contributed by atoms with Crippen LogP contribution >= 0.6 is 11.3 Å². The maximum atomic E-state index is 4.58. The molecular formula is C15H20N4S. The molecule has 0 radical (unpaired) electrons. The molecule has 1 aliphatic heterocycles. The largest absolute Gasteiger partial charge is 0.354 e. The Bertz CT molecular complexity index is 619. The van der Waals surface area contributed by atoms with Gasteiger partial charge < -0.3 is 4.90 Å². The van der Waals surface area contributed by atoms with E-state index in [0.717, 1.165) is 30.5 Å². The lowest BCUT2D eigenvalue weighted by atomic mass is 10.3. The van der Waals surface area contributed by atoms with Crippen LogP contribution in [0.15, 0.2) is 11.7 Å². The predicted octanol–water partition coefficient (Wildman–Crippen LogP) is 2.67. The van der Waals surface area contributed by atoms with E-state index in [2.05, 4.69) is 32.1 Å². The zero-order valence-electron chi connectivity index (χ0n) is 11.9. The maximum Gasteiger partial charge on any atom is 0.150 e. The minimum absolute atomic E-state index is 0.879. The van der Waals surface area contributed by atoms with Crippen LogP contribution in [0.2, 0.25) is 0 Å². The number of hydrogen-bond acceptors (Lipinski definition) is 5. The summed E-state index contributed by atoms with van der Waals surface area (Å²) in [5.41, 5.74) is 2.39. The third-order valence-electron chi connectivity index (χ3n) is 4.41. The number of fused-ring (bicyclic) bond motifs is 1. The minimum atomic E-state index is 0.879. The molecule has 2 aromatic heterocycles. The first-order valence-corrected chi connectivity index (χ1v) is 8.38. The predicted molar refractivity (Wildman–Crippen MR) is 83.6 cm³/mol. The van der Waals surface area contributed by atoms with Gasteiger partial charge in [-0.2, -0.15) is 0 Å². The molecule has 0 amide bonds. The van der Waals surface area contributed by atoms with Crippen molar-refractivity contribution in [3.05, 3.63) is 17.3 Å². The van der Waals surface area contributed by atoms with Crippen molar-refractivity contribution in [2.75, 3.05) is 31.1 Å². The van der Waals surface area contributed by atoms with Gasteiger partial charge in [-0.05, 0) is 37.1 Å². The minimum Gasteiger partial charge on any atom is -0.354 e. The lowest BCUT2D eigenvalue weighted by Gasteiger charge is -2.22. The molecule has 1 saturated carbocycles. The summed E-state index contributed by atoms with van der Waals surface area (Å²) in [6.45, 7) is 6.78. The van der Waals surface area contributed by atoms with Crippen molar-refractivity contribution in [1.29, 1.82) is 0 Å². The van der Waals surface area contributed by atoms with Gasteiger partial charge in [-0.15, -0.1) is 11.3 Å². The van der Waals surface area contributed by atoms with E-state index >= 15 is 0 Å². The number of thiophene rings is 1. The molecule has 0 bridgehead atoms. The van der Waals surface area contributed by atoms with Crippen LogP contribution < -0.4 is 4.90 Å². The molecule has 4 nitrogen and oxygen atoms in total. The van der Waals surface area contributed by atoms with Crippen molar-refractivity contribution in [3.63, 3.8) is 0 Å². The molecule has 4 rings (SSSR count). The summed E-state index contributed by atoms with van der Waals surface area (Å²) >= 11 is 1.78. The van der Waals surface area contributed by atoms with Gasteiger partial charge in [0.05, 0.1) is 10.2 Å². The molecule has 2 aliphatic rings. The number of rotatable bonds is 2. The van der Waals surface area contributed by atoms with Gasteiger partial charge in [0.15, 0.2) is 0 Å². The highest BCUT2D eigenvalue weighted by atomic mass is 32.1. The van der Waals surface area contributed by atoms with Crippen LogP contribution in [0, 0.1) is 6.92 Å². The van der Waals surface area contributed by atoms with E-state index in [-0.39, 0.29) is 0 Å². The second kappa shape index (κ2) is 4.97. The normalized spacial score (nSPS) is 21.4. The standard InChI is InChI=1S/C15H20N4S/c1-11-9-20-14-13(11)16-10-17-15(14)19-6-2-5-18(7-8-19)12-3-4-12/h9-10,12H,2-8H2,1H3. The number of anilines is 1. The Morgan fingerprint density at radius 2 is 2.05 bits per heavy atom. The first-order chi connectivity index (χ1) is 9.83. The molecule has 5 heteroatoms. The van der Waals surface area contributed by atoms with Crippen molar-refractivity contribution in [2.24, 2.45) is 0 Å². The van der Waals surface area contributed by atoms with Gasteiger partial charge in [0, 0.05) is 32.2 Å². The molecule has 20 heavy (non-hydrogen) atoms. The van der Waals surface area contributed by atoms with E-state index in [9.17, 15) is 0 Å². The van der Waals surface area contributed by atoms with Crippen LogP contribution in [0.3, 0.4) is 0 Å². The van der Waals surface area contributed by atoms with E-state index in [1.807, 2.05) is 0 Å². The fourth-order valence-electron chi connectivity index (χ4n) is 3.14. The summed E-state index contributed by atoms with van der Waals surface area (Å²) in [7, 11) is 0. The fraction of sp³-hybridized carbons (Fsp3) is 0.600. The molecule has 3 heterocycles. The Labute approximate surface area is 123 Å². The lowest BCUT2D eigenvalue weighted by Crippen LogP contribution is -2.32. The molecule has 0 spiro atoms. The quantitative estimate of drug-likeness (QED) is 0.850. The Morgan fingerprint density at radius 3 is 2.90 bits per heavy atom. The SMILES string of the molecule is Cc1csc2c(N3CCCN(C4CC4)CC3)ncnc12. The van der Waals surface area contributed by atoms with Gasteiger partial charge >= 0.3 is 0 Å². The van der Waals surface area contributed by atoms with Gasteiger partial charge in [0.2, 0.25) is 0 Å². The van der Waals surface area contributed by atoms with E-state index < -0.39 is 0 Å². The summed E-state index contributed by atoms with van der Waals surface area (Å²) < 4.78 is 1.25. The van der Waals surface area contributed by atoms with Crippen molar-refractivity contribution in [1.82, 2.24) is 14.9 Å². The molecule has 1 saturated heterocycles. The van der Waals surface area contributed by atoms with Crippen molar-refractivity contribution in [2.45, 2.75) is 32.2 Å². The Hall–Kier alpha value is -1.20. The number of aromatic nitrogens is 2. The van der Waals surface area contributed by atoms with Crippen LogP contribution in [-0.4, -0.2) is 47.1 Å². The average molecular weight is 288 g/mol. The summed E-state index contributed by atoms with van der Waals surface area (Å²) in [5, 5.41) is 2.19. The van der Waals surface area contributed by atoms with Crippen LogP contribution in [0.25, 0.3) is 10.2 Å². The molecule has 106 valence electrons. The Kier molecular flexibility index (Phi) is 3.11. The first-order valence-electron chi connectivity index (χ1n) is 7.51. The average Bonchev–Trinajstić information content (AvgIpc) is 3.26. The molecule has 1 aliphatic carbocycles. The van der Waals surface area contributed by atoms with Crippen LogP contribution in [0.4, 0.5) is 5.82 Å². The van der Waals surface area contributed by atoms with Crippen molar-refractivity contribution < 1.29 is 0 Å². The molecule has 0 unspecified atom stereocenters. The molecule has 0 atom stereocenters. The van der Waals surface area contributed by atoms with Crippen LogP contribution in [-0.2, 0) is 0 Å². The third-order valence-corrected chi connectivity index (χ3v) is 5.49. The van der Waals surface area contributed by atoms with Gasteiger partial charge in [0.1, 0.15) is 12.1 Å². The highest BCUT2D eigenvalue weighted by Gasteiger charge is 2.30. The van der Waals surface area contributed by atoms with Gasteiger partial charge in [-0.1, -0.05) is 0 Å².